The first-order chi connectivity index (χ1) is 12.8. The van der Waals surface area contributed by atoms with Gasteiger partial charge in [0.1, 0.15) is 5.75 Å². The molecule has 4 rings (SSSR count). The predicted octanol–water partition coefficient (Wildman–Crippen LogP) is 2.72. The standard InChI is InChI=1S/C19H25N3O4/c1-2-23-16-6-4-3-5-15(16)18-20-17(26-21-18)13-22-9-7-14(8-10-22)19-24-11-12-25-19/h3-6,14,19H,2,7-13H2,1H3. The molecule has 0 N–H and O–H groups in total. The Morgan fingerprint density at radius 3 is 2.69 bits per heavy atom. The van der Waals surface area contributed by atoms with E-state index in [1.165, 1.54) is 0 Å². The number of para-hydroxylation sites is 1. The van der Waals surface area contributed by atoms with Crippen LogP contribution in [-0.4, -0.2) is 54.2 Å². The number of ether oxygens (including phenoxy) is 3. The van der Waals surface area contributed by atoms with Crippen LogP contribution in [0.15, 0.2) is 28.8 Å². The molecule has 0 saturated carbocycles. The molecule has 2 saturated heterocycles. The second kappa shape index (κ2) is 8.16. The van der Waals surface area contributed by atoms with E-state index >= 15 is 0 Å². The summed E-state index contributed by atoms with van der Waals surface area (Å²) in [4.78, 5) is 6.91. The second-order valence-electron chi connectivity index (χ2n) is 6.66. The Bertz CT molecular complexity index is 706. The van der Waals surface area contributed by atoms with Gasteiger partial charge in [0.05, 0.1) is 31.9 Å². The molecule has 0 amide bonds. The molecule has 2 fully saturated rings. The zero-order valence-corrected chi connectivity index (χ0v) is 15.1. The number of hydrogen-bond donors (Lipinski definition) is 0. The maximum absolute atomic E-state index is 5.66. The van der Waals surface area contributed by atoms with Crippen molar-refractivity contribution in [3.8, 4) is 17.1 Å². The van der Waals surface area contributed by atoms with E-state index in [2.05, 4.69) is 15.0 Å². The Hall–Kier alpha value is -1.96. The normalized spacial score (nSPS) is 19.9. The third-order valence-corrected chi connectivity index (χ3v) is 4.92. The molecule has 0 bridgehead atoms. The lowest BCUT2D eigenvalue weighted by Crippen LogP contribution is -2.37. The van der Waals surface area contributed by atoms with Gasteiger partial charge in [0.2, 0.25) is 11.7 Å². The molecule has 1 aromatic carbocycles. The van der Waals surface area contributed by atoms with Crippen LogP contribution in [0.1, 0.15) is 25.7 Å². The van der Waals surface area contributed by atoms with Crippen LogP contribution < -0.4 is 4.74 Å². The van der Waals surface area contributed by atoms with E-state index < -0.39 is 0 Å². The lowest BCUT2D eigenvalue weighted by Gasteiger charge is -2.32. The van der Waals surface area contributed by atoms with Gasteiger partial charge in [-0.1, -0.05) is 17.3 Å². The fraction of sp³-hybridized carbons (Fsp3) is 0.579. The monoisotopic (exact) mass is 359 g/mol. The summed E-state index contributed by atoms with van der Waals surface area (Å²) in [6, 6.07) is 7.77. The molecule has 7 heteroatoms. The summed E-state index contributed by atoms with van der Waals surface area (Å²) >= 11 is 0. The highest BCUT2D eigenvalue weighted by Gasteiger charge is 2.30. The van der Waals surface area contributed by atoms with Crippen molar-refractivity contribution in [2.24, 2.45) is 5.92 Å². The number of hydrogen-bond acceptors (Lipinski definition) is 7. The number of nitrogens with zero attached hydrogens (tertiary/aromatic N) is 3. The smallest absolute Gasteiger partial charge is 0.241 e. The zero-order chi connectivity index (χ0) is 17.8. The molecule has 2 aromatic rings. The molecule has 0 radical (unpaired) electrons. The second-order valence-corrected chi connectivity index (χ2v) is 6.66. The van der Waals surface area contributed by atoms with Gasteiger partial charge in [-0.05, 0) is 45.0 Å². The number of benzene rings is 1. The summed E-state index contributed by atoms with van der Waals surface area (Å²) in [6.45, 7) is 6.65. The van der Waals surface area contributed by atoms with Crippen LogP contribution in [0.4, 0.5) is 0 Å². The highest BCUT2D eigenvalue weighted by molar-refractivity contribution is 5.63. The Morgan fingerprint density at radius 2 is 1.92 bits per heavy atom. The average molecular weight is 359 g/mol. The fourth-order valence-corrected chi connectivity index (χ4v) is 3.58. The van der Waals surface area contributed by atoms with E-state index in [0.717, 1.165) is 50.5 Å². The molecule has 26 heavy (non-hydrogen) atoms. The summed E-state index contributed by atoms with van der Waals surface area (Å²) in [5.41, 5.74) is 0.860. The van der Waals surface area contributed by atoms with Gasteiger partial charge in [-0.15, -0.1) is 0 Å². The largest absolute Gasteiger partial charge is 0.493 e. The minimum atomic E-state index is -0.0118. The summed E-state index contributed by atoms with van der Waals surface area (Å²) in [5.74, 6) is 2.48. The topological polar surface area (TPSA) is 69.9 Å². The maximum Gasteiger partial charge on any atom is 0.241 e. The van der Waals surface area contributed by atoms with Crippen molar-refractivity contribution in [2.45, 2.75) is 32.6 Å². The van der Waals surface area contributed by atoms with Crippen molar-refractivity contribution in [1.82, 2.24) is 15.0 Å². The summed E-state index contributed by atoms with van der Waals surface area (Å²) in [6.07, 6.45) is 2.12. The molecule has 7 nitrogen and oxygen atoms in total. The predicted molar refractivity (Wildman–Crippen MR) is 94.6 cm³/mol. The highest BCUT2D eigenvalue weighted by atomic mass is 16.7. The highest BCUT2D eigenvalue weighted by Crippen LogP contribution is 2.29. The molecule has 0 spiro atoms. The molecule has 2 aliphatic heterocycles. The summed E-state index contributed by atoms with van der Waals surface area (Å²) in [5, 5.41) is 4.14. The maximum atomic E-state index is 5.66. The summed E-state index contributed by atoms with van der Waals surface area (Å²) < 4.78 is 22.4. The molecular formula is C19H25N3O4. The van der Waals surface area contributed by atoms with Gasteiger partial charge in [-0.25, -0.2) is 0 Å². The Balaban J connectivity index is 1.36. The first-order valence-electron chi connectivity index (χ1n) is 9.34. The first kappa shape index (κ1) is 17.5. The zero-order valence-electron chi connectivity index (χ0n) is 15.1. The minimum absolute atomic E-state index is 0.0118. The molecule has 0 aliphatic carbocycles. The van der Waals surface area contributed by atoms with Crippen LogP contribution in [0.2, 0.25) is 0 Å². The van der Waals surface area contributed by atoms with Gasteiger partial charge in [-0.3, -0.25) is 4.90 Å². The van der Waals surface area contributed by atoms with Crippen LogP contribution in [0.25, 0.3) is 11.4 Å². The lowest BCUT2D eigenvalue weighted by atomic mass is 9.96. The third-order valence-electron chi connectivity index (χ3n) is 4.92. The summed E-state index contributed by atoms with van der Waals surface area (Å²) in [7, 11) is 0. The van der Waals surface area contributed by atoms with Gasteiger partial charge in [0.25, 0.3) is 0 Å². The molecule has 2 aliphatic rings. The van der Waals surface area contributed by atoms with E-state index in [-0.39, 0.29) is 6.29 Å². The SMILES string of the molecule is CCOc1ccccc1-c1noc(CN2CCC(C3OCCO3)CC2)n1. The van der Waals surface area contributed by atoms with Crippen molar-refractivity contribution in [2.75, 3.05) is 32.9 Å². The Kier molecular flexibility index (Phi) is 5.48. The fourth-order valence-electron chi connectivity index (χ4n) is 3.58. The lowest BCUT2D eigenvalue weighted by molar-refractivity contribution is -0.0981. The van der Waals surface area contributed by atoms with E-state index in [0.29, 0.717) is 30.8 Å². The Labute approximate surface area is 153 Å². The van der Waals surface area contributed by atoms with Crippen molar-refractivity contribution in [1.29, 1.82) is 0 Å². The number of likely N-dealkylation sites (tertiary alicyclic amines) is 1. The molecule has 3 heterocycles. The van der Waals surface area contributed by atoms with Crippen LogP contribution >= 0.6 is 0 Å². The van der Waals surface area contributed by atoms with E-state index in [1.54, 1.807) is 0 Å². The van der Waals surface area contributed by atoms with Gasteiger partial charge >= 0.3 is 0 Å². The van der Waals surface area contributed by atoms with E-state index in [4.69, 9.17) is 18.7 Å². The number of piperidine rings is 1. The first-order valence-corrected chi connectivity index (χ1v) is 9.34. The average Bonchev–Trinajstić information content (AvgIpc) is 3.35. The van der Waals surface area contributed by atoms with Gasteiger partial charge < -0.3 is 18.7 Å². The van der Waals surface area contributed by atoms with Crippen molar-refractivity contribution < 1.29 is 18.7 Å². The Morgan fingerprint density at radius 1 is 1.15 bits per heavy atom. The van der Waals surface area contributed by atoms with Gasteiger partial charge in [-0.2, -0.15) is 4.98 Å². The molecule has 1 aromatic heterocycles. The quantitative estimate of drug-likeness (QED) is 0.785. The molecule has 140 valence electrons. The van der Waals surface area contributed by atoms with E-state index in [9.17, 15) is 0 Å². The van der Waals surface area contributed by atoms with Crippen LogP contribution in [-0.2, 0) is 16.0 Å². The molecular weight excluding hydrogens is 334 g/mol. The number of aromatic nitrogens is 2. The van der Waals surface area contributed by atoms with Crippen molar-refractivity contribution in [3.63, 3.8) is 0 Å². The number of rotatable bonds is 6. The van der Waals surface area contributed by atoms with E-state index in [1.807, 2.05) is 31.2 Å². The molecule has 0 atom stereocenters. The van der Waals surface area contributed by atoms with Crippen LogP contribution in [0.3, 0.4) is 0 Å². The minimum Gasteiger partial charge on any atom is -0.493 e. The van der Waals surface area contributed by atoms with Crippen molar-refractivity contribution >= 4 is 0 Å². The van der Waals surface area contributed by atoms with Crippen LogP contribution in [0.5, 0.6) is 5.75 Å². The molecule has 0 unspecified atom stereocenters. The third kappa shape index (κ3) is 3.90. The van der Waals surface area contributed by atoms with Crippen molar-refractivity contribution in [3.05, 3.63) is 30.2 Å². The van der Waals surface area contributed by atoms with Crippen LogP contribution in [0, 0.1) is 5.92 Å². The van der Waals surface area contributed by atoms with Gasteiger partial charge in [0.15, 0.2) is 6.29 Å². The van der Waals surface area contributed by atoms with Gasteiger partial charge in [0, 0.05) is 5.92 Å².